The second-order valence-electron chi connectivity index (χ2n) is 14.3. The van der Waals surface area contributed by atoms with Crippen LogP contribution < -0.4 is 0 Å². The molecule has 0 aliphatic heterocycles. The van der Waals surface area contributed by atoms with Crippen molar-refractivity contribution >= 4 is 38.8 Å². The highest BCUT2D eigenvalue weighted by molar-refractivity contribution is 6.09. The molecule has 1 spiro atoms. The zero-order valence-electron chi connectivity index (χ0n) is 28.0. The topological polar surface area (TPSA) is 9.86 Å². The van der Waals surface area contributed by atoms with E-state index in [1.807, 2.05) is 0 Å². The Balaban J connectivity index is 1.19. The molecule has 0 saturated heterocycles. The Morgan fingerprint density at radius 1 is 0.412 bits per heavy atom. The van der Waals surface area contributed by atoms with Crippen LogP contribution >= 0.6 is 0 Å². The molecule has 2 nitrogen and oxygen atoms in total. The van der Waals surface area contributed by atoms with Crippen molar-refractivity contribution in [2.75, 3.05) is 0 Å². The van der Waals surface area contributed by atoms with Crippen molar-refractivity contribution in [3.63, 3.8) is 0 Å². The molecule has 0 bridgehead atoms. The predicted octanol–water partition coefficient (Wildman–Crippen LogP) is 12.0. The number of rotatable bonds is 2. The maximum atomic E-state index is 2.54. The maximum absolute atomic E-state index is 2.54. The van der Waals surface area contributed by atoms with Crippen molar-refractivity contribution in [3.8, 4) is 33.6 Å². The number of allylic oxidation sites excluding steroid dienone is 1. The molecule has 3 aliphatic rings. The van der Waals surface area contributed by atoms with E-state index in [9.17, 15) is 0 Å². The molecule has 0 N–H and O–H groups in total. The van der Waals surface area contributed by atoms with Gasteiger partial charge < -0.3 is 9.13 Å². The van der Waals surface area contributed by atoms with Gasteiger partial charge in [-0.15, -0.1) is 0 Å². The third-order valence-electron chi connectivity index (χ3n) is 12.0. The molecule has 9 aromatic rings. The quantitative estimate of drug-likeness (QED) is 0.177. The van der Waals surface area contributed by atoms with Gasteiger partial charge in [0.25, 0.3) is 0 Å². The molecule has 238 valence electrons. The molecule has 0 fully saturated rings. The Hall–Kier alpha value is -6.38. The van der Waals surface area contributed by atoms with Gasteiger partial charge in [-0.25, -0.2) is 0 Å². The average molecular weight is 649 g/mol. The number of fused-ring (bicyclic) bond motifs is 16. The van der Waals surface area contributed by atoms with Gasteiger partial charge in [0.05, 0.1) is 22.0 Å². The summed E-state index contributed by atoms with van der Waals surface area (Å²) in [5, 5.41) is 3.89. The number of hydrogen-bond donors (Lipinski definition) is 0. The zero-order chi connectivity index (χ0) is 33.3. The number of nitrogens with zero attached hydrogens (tertiary/aromatic N) is 2. The molecule has 51 heavy (non-hydrogen) atoms. The number of para-hydroxylation sites is 3. The third-order valence-corrected chi connectivity index (χ3v) is 12.0. The van der Waals surface area contributed by atoms with Crippen molar-refractivity contribution in [3.05, 3.63) is 197 Å². The fourth-order valence-corrected chi connectivity index (χ4v) is 10.1. The molecule has 3 aliphatic carbocycles. The molecule has 2 heteroatoms. The first-order valence-corrected chi connectivity index (χ1v) is 18.1. The van der Waals surface area contributed by atoms with E-state index in [4.69, 9.17) is 0 Å². The van der Waals surface area contributed by atoms with Gasteiger partial charge in [-0.1, -0.05) is 127 Å². The van der Waals surface area contributed by atoms with Crippen LogP contribution in [0.1, 0.15) is 39.9 Å². The Morgan fingerprint density at radius 2 is 0.882 bits per heavy atom. The van der Waals surface area contributed by atoms with Crippen LogP contribution in [0.2, 0.25) is 0 Å². The van der Waals surface area contributed by atoms with Crippen LogP contribution in [-0.2, 0) is 11.8 Å². The molecule has 12 rings (SSSR count). The second-order valence-corrected chi connectivity index (χ2v) is 14.3. The van der Waals surface area contributed by atoms with Crippen LogP contribution in [0.25, 0.3) is 72.4 Å². The van der Waals surface area contributed by atoms with Crippen molar-refractivity contribution in [2.24, 2.45) is 0 Å². The fraction of sp³-hybridized carbons (Fsp3) is 0.0612. The van der Waals surface area contributed by atoms with Crippen LogP contribution in [0.4, 0.5) is 0 Å². The van der Waals surface area contributed by atoms with Gasteiger partial charge in [0, 0.05) is 38.8 Å². The normalized spacial score (nSPS) is 14.6. The third kappa shape index (κ3) is 3.38. The molecule has 2 heterocycles. The SMILES string of the molecule is C1=Cc2c(n(-c3ccc4c(c3)C3(c5ccccc5-c5ccccc53)c3cc(-n5c6ccccc6c6ccccc65)ccc3-4)c3ccccc23)CC1. The summed E-state index contributed by atoms with van der Waals surface area (Å²) in [5.41, 5.74) is 19.2. The van der Waals surface area contributed by atoms with Crippen LogP contribution in [0, 0.1) is 0 Å². The number of benzene rings is 7. The molecular formula is C49H32N2. The van der Waals surface area contributed by atoms with Gasteiger partial charge in [0.1, 0.15) is 0 Å². The van der Waals surface area contributed by atoms with Crippen molar-refractivity contribution in [1.82, 2.24) is 9.13 Å². The molecule has 0 atom stereocenters. The summed E-state index contributed by atoms with van der Waals surface area (Å²) >= 11 is 0. The Morgan fingerprint density at radius 3 is 1.49 bits per heavy atom. The zero-order valence-corrected chi connectivity index (χ0v) is 28.0. The number of aromatic nitrogens is 2. The summed E-state index contributed by atoms with van der Waals surface area (Å²) in [6.07, 6.45) is 6.77. The largest absolute Gasteiger partial charge is 0.313 e. The summed E-state index contributed by atoms with van der Waals surface area (Å²) in [6.45, 7) is 0. The van der Waals surface area contributed by atoms with Crippen molar-refractivity contribution < 1.29 is 0 Å². The standard InChI is InChI=1S/C49H32N2/c1-7-19-41-33(13-1)34-14-2-8-20-42(34)49(41)43-29-31(50-45-21-9-3-15-37(45)38-16-4-10-22-46(38)50)25-27-35(43)36-28-26-32(30-44(36)49)51-47-23-11-5-17-39(47)40-18-6-12-24-48(40)51/h1-11,13-23,25-30H,12,24H2. The van der Waals surface area contributed by atoms with E-state index < -0.39 is 5.41 Å². The second kappa shape index (κ2) is 9.87. The van der Waals surface area contributed by atoms with E-state index in [-0.39, 0.29) is 0 Å². The molecule has 0 unspecified atom stereocenters. The minimum atomic E-state index is -0.453. The van der Waals surface area contributed by atoms with E-state index in [1.165, 1.54) is 99.8 Å². The Bertz CT molecular complexity index is 2880. The summed E-state index contributed by atoms with van der Waals surface area (Å²) in [5.74, 6) is 0. The highest BCUT2D eigenvalue weighted by atomic mass is 15.0. The molecule has 7 aromatic carbocycles. The van der Waals surface area contributed by atoms with Gasteiger partial charge >= 0.3 is 0 Å². The van der Waals surface area contributed by atoms with E-state index in [2.05, 4.69) is 179 Å². The van der Waals surface area contributed by atoms with Gasteiger partial charge in [-0.05, 0) is 99.8 Å². The molecule has 0 radical (unpaired) electrons. The van der Waals surface area contributed by atoms with Crippen LogP contribution in [-0.4, -0.2) is 9.13 Å². The smallest absolute Gasteiger partial charge is 0.0727 e. The van der Waals surface area contributed by atoms with Crippen LogP contribution in [0.5, 0.6) is 0 Å². The molecule has 0 amide bonds. The summed E-state index contributed by atoms with van der Waals surface area (Å²) < 4.78 is 5.01. The average Bonchev–Trinajstić information content (AvgIpc) is 3.90. The predicted molar refractivity (Wildman–Crippen MR) is 211 cm³/mol. The lowest BCUT2D eigenvalue weighted by Crippen LogP contribution is -2.26. The van der Waals surface area contributed by atoms with Crippen molar-refractivity contribution in [1.29, 1.82) is 0 Å². The molecule has 2 aromatic heterocycles. The molecular weight excluding hydrogens is 617 g/mol. The first kappa shape index (κ1) is 27.4. The number of hydrogen-bond acceptors (Lipinski definition) is 0. The van der Waals surface area contributed by atoms with Gasteiger partial charge in [-0.2, -0.15) is 0 Å². The molecule has 0 saturated carbocycles. The Labute approximate surface area is 296 Å². The monoisotopic (exact) mass is 648 g/mol. The van der Waals surface area contributed by atoms with Gasteiger partial charge in [0.15, 0.2) is 0 Å². The first-order valence-electron chi connectivity index (χ1n) is 18.1. The Kier molecular flexibility index (Phi) is 5.31. The van der Waals surface area contributed by atoms with Crippen LogP contribution in [0.3, 0.4) is 0 Å². The lowest BCUT2D eigenvalue weighted by molar-refractivity contribution is 0.789. The van der Waals surface area contributed by atoms with E-state index in [0.717, 1.165) is 12.8 Å². The first-order chi connectivity index (χ1) is 25.3. The van der Waals surface area contributed by atoms with Crippen LogP contribution in [0.15, 0.2) is 164 Å². The minimum Gasteiger partial charge on any atom is -0.313 e. The van der Waals surface area contributed by atoms with E-state index in [0.29, 0.717) is 0 Å². The summed E-state index contributed by atoms with van der Waals surface area (Å²) in [7, 11) is 0. The fourth-order valence-electron chi connectivity index (χ4n) is 10.1. The van der Waals surface area contributed by atoms with E-state index >= 15 is 0 Å². The summed E-state index contributed by atoms with van der Waals surface area (Å²) in [4.78, 5) is 0. The lowest BCUT2D eigenvalue weighted by atomic mass is 9.70. The van der Waals surface area contributed by atoms with Crippen molar-refractivity contribution in [2.45, 2.75) is 18.3 Å². The van der Waals surface area contributed by atoms with E-state index in [1.54, 1.807) is 0 Å². The summed E-state index contributed by atoms with van der Waals surface area (Å²) in [6, 6.07) is 59.4. The van der Waals surface area contributed by atoms with Gasteiger partial charge in [-0.3, -0.25) is 0 Å². The maximum Gasteiger partial charge on any atom is 0.0727 e. The highest BCUT2D eigenvalue weighted by Crippen LogP contribution is 2.63. The highest BCUT2D eigenvalue weighted by Gasteiger charge is 2.52. The van der Waals surface area contributed by atoms with Gasteiger partial charge in [0.2, 0.25) is 0 Å². The lowest BCUT2D eigenvalue weighted by Gasteiger charge is -2.31. The minimum absolute atomic E-state index is 0.453.